The van der Waals surface area contributed by atoms with Gasteiger partial charge in [-0.1, -0.05) is 12.1 Å². The third-order valence-corrected chi connectivity index (χ3v) is 4.05. The predicted octanol–water partition coefficient (Wildman–Crippen LogP) is 2.55. The summed E-state index contributed by atoms with van der Waals surface area (Å²) in [6.45, 7) is 2.04. The summed E-state index contributed by atoms with van der Waals surface area (Å²) in [6.07, 6.45) is 3.69. The summed E-state index contributed by atoms with van der Waals surface area (Å²) in [6, 6.07) is 6.24. The van der Waals surface area contributed by atoms with E-state index in [4.69, 9.17) is 10.5 Å². The average Bonchev–Trinajstić information content (AvgIpc) is 2.38. The molecule has 0 aliphatic heterocycles. The summed E-state index contributed by atoms with van der Waals surface area (Å²) in [5, 5.41) is 9.53. The normalized spacial score (nSPS) is 25.8. The molecule has 100 valence electrons. The Morgan fingerprint density at radius 2 is 1.94 bits per heavy atom. The first-order chi connectivity index (χ1) is 8.61. The lowest BCUT2D eigenvalue weighted by Crippen LogP contribution is -2.27. The first-order valence-corrected chi connectivity index (χ1v) is 6.70. The van der Waals surface area contributed by atoms with Crippen LogP contribution in [0.15, 0.2) is 18.2 Å². The van der Waals surface area contributed by atoms with Crippen molar-refractivity contribution in [1.29, 1.82) is 0 Å². The zero-order valence-corrected chi connectivity index (χ0v) is 11.2. The Morgan fingerprint density at radius 1 is 1.28 bits per heavy atom. The summed E-state index contributed by atoms with van der Waals surface area (Å²) < 4.78 is 5.27. The van der Waals surface area contributed by atoms with E-state index in [0.717, 1.165) is 37.0 Å². The minimum absolute atomic E-state index is 0.0714. The minimum atomic E-state index is -0.119. The number of aliphatic hydroxyl groups is 1. The van der Waals surface area contributed by atoms with Gasteiger partial charge in [0, 0.05) is 6.04 Å². The minimum Gasteiger partial charge on any atom is -0.496 e. The van der Waals surface area contributed by atoms with Gasteiger partial charge in [-0.25, -0.2) is 0 Å². The Hall–Kier alpha value is -1.06. The highest BCUT2D eigenvalue weighted by Gasteiger charge is 2.25. The van der Waals surface area contributed by atoms with E-state index in [0.29, 0.717) is 5.92 Å². The second kappa shape index (κ2) is 5.72. The Morgan fingerprint density at radius 3 is 2.50 bits per heavy atom. The van der Waals surface area contributed by atoms with Gasteiger partial charge >= 0.3 is 0 Å². The number of benzene rings is 1. The van der Waals surface area contributed by atoms with Gasteiger partial charge in [-0.15, -0.1) is 0 Å². The SMILES string of the molecule is COc1ccc(C(N)C2CCC(O)CC2)cc1C. The maximum atomic E-state index is 9.53. The van der Waals surface area contributed by atoms with Crippen LogP contribution < -0.4 is 10.5 Å². The fourth-order valence-corrected chi connectivity index (χ4v) is 2.84. The summed E-state index contributed by atoms with van der Waals surface area (Å²) in [5.41, 5.74) is 8.65. The summed E-state index contributed by atoms with van der Waals surface area (Å²) in [5.74, 6) is 1.39. The van der Waals surface area contributed by atoms with Gasteiger partial charge in [-0.2, -0.15) is 0 Å². The van der Waals surface area contributed by atoms with Crippen LogP contribution in [0.4, 0.5) is 0 Å². The molecule has 1 atom stereocenters. The highest BCUT2D eigenvalue weighted by molar-refractivity contribution is 5.37. The molecule has 1 aliphatic carbocycles. The molecular formula is C15H23NO2. The first-order valence-electron chi connectivity index (χ1n) is 6.70. The molecule has 1 saturated carbocycles. The van der Waals surface area contributed by atoms with E-state index in [2.05, 4.69) is 12.1 Å². The number of hydrogen-bond donors (Lipinski definition) is 2. The molecule has 1 aromatic carbocycles. The molecule has 3 nitrogen and oxygen atoms in total. The van der Waals surface area contributed by atoms with Crippen molar-refractivity contribution in [3.05, 3.63) is 29.3 Å². The molecule has 3 heteroatoms. The van der Waals surface area contributed by atoms with Crippen molar-refractivity contribution in [3.8, 4) is 5.75 Å². The molecule has 0 amide bonds. The lowest BCUT2D eigenvalue weighted by atomic mass is 9.80. The number of rotatable bonds is 3. The van der Waals surface area contributed by atoms with Crippen molar-refractivity contribution in [2.45, 2.75) is 44.8 Å². The van der Waals surface area contributed by atoms with Crippen LogP contribution in [0, 0.1) is 12.8 Å². The van der Waals surface area contributed by atoms with Crippen LogP contribution in [0.5, 0.6) is 5.75 Å². The van der Waals surface area contributed by atoms with Crippen molar-refractivity contribution < 1.29 is 9.84 Å². The second-order valence-electron chi connectivity index (χ2n) is 5.32. The standard InChI is InChI=1S/C15H23NO2/c1-10-9-12(5-8-14(10)18-2)15(16)11-3-6-13(17)7-4-11/h5,8-9,11,13,15,17H,3-4,6-7,16H2,1-2H3. The molecule has 1 unspecified atom stereocenters. The highest BCUT2D eigenvalue weighted by atomic mass is 16.5. The van der Waals surface area contributed by atoms with Gasteiger partial charge in [-0.05, 0) is 55.7 Å². The highest BCUT2D eigenvalue weighted by Crippen LogP contribution is 2.34. The Bertz CT molecular complexity index is 397. The van der Waals surface area contributed by atoms with Crippen LogP contribution in [0.2, 0.25) is 0 Å². The molecule has 18 heavy (non-hydrogen) atoms. The zero-order valence-electron chi connectivity index (χ0n) is 11.2. The van der Waals surface area contributed by atoms with Gasteiger partial charge in [0.1, 0.15) is 5.75 Å². The van der Waals surface area contributed by atoms with E-state index in [1.807, 2.05) is 13.0 Å². The topological polar surface area (TPSA) is 55.5 Å². The maximum Gasteiger partial charge on any atom is 0.121 e. The van der Waals surface area contributed by atoms with Crippen LogP contribution >= 0.6 is 0 Å². The molecule has 0 bridgehead atoms. The number of ether oxygens (including phenoxy) is 1. The smallest absolute Gasteiger partial charge is 0.121 e. The van der Waals surface area contributed by atoms with Crippen LogP contribution in [0.25, 0.3) is 0 Å². The van der Waals surface area contributed by atoms with Crippen LogP contribution in [0.1, 0.15) is 42.9 Å². The number of methoxy groups -OCH3 is 1. The molecular weight excluding hydrogens is 226 g/mol. The predicted molar refractivity (Wildman–Crippen MR) is 72.6 cm³/mol. The number of aliphatic hydroxyl groups excluding tert-OH is 1. The van der Waals surface area contributed by atoms with Crippen molar-refractivity contribution in [3.63, 3.8) is 0 Å². The van der Waals surface area contributed by atoms with E-state index in [9.17, 15) is 5.11 Å². The van der Waals surface area contributed by atoms with Crippen molar-refractivity contribution in [2.24, 2.45) is 11.7 Å². The molecule has 0 radical (unpaired) electrons. The number of hydrogen-bond acceptors (Lipinski definition) is 3. The van der Waals surface area contributed by atoms with Crippen LogP contribution in [-0.4, -0.2) is 18.3 Å². The van der Waals surface area contributed by atoms with Crippen LogP contribution in [-0.2, 0) is 0 Å². The molecule has 1 aromatic rings. The van der Waals surface area contributed by atoms with E-state index in [1.54, 1.807) is 7.11 Å². The number of nitrogens with two attached hydrogens (primary N) is 1. The molecule has 0 aromatic heterocycles. The Balaban J connectivity index is 2.08. The molecule has 1 fully saturated rings. The summed E-state index contributed by atoms with van der Waals surface area (Å²) >= 11 is 0. The summed E-state index contributed by atoms with van der Waals surface area (Å²) in [4.78, 5) is 0. The molecule has 0 saturated heterocycles. The monoisotopic (exact) mass is 249 g/mol. The zero-order chi connectivity index (χ0) is 13.1. The fraction of sp³-hybridized carbons (Fsp3) is 0.600. The van der Waals surface area contributed by atoms with E-state index >= 15 is 0 Å². The van der Waals surface area contributed by atoms with Crippen molar-refractivity contribution in [1.82, 2.24) is 0 Å². The Labute approximate surface area is 109 Å². The van der Waals surface area contributed by atoms with E-state index < -0.39 is 0 Å². The fourth-order valence-electron chi connectivity index (χ4n) is 2.84. The molecule has 0 heterocycles. The van der Waals surface area contributed by atoms with Gasteiger partial charge in [0.15, 0.2) is 0 Å². The average molecular weight is 249 g/mol. The lowest BCUT2D eigenvalue weighted by molar-refractivity contribution is 0.102. The van der Waals surface area contributed by atoms with Gasteiger partial charge in [-0.3, -0.25) is 0 Å². The third-order valence-electron chi connectivity index (χ3n) is 4.05. The van der Waals surface area contributed by atoms with Gasteiger partial charge in [0.25, 0.3) is 0 Å². The molecule has 3 N–H and O–H groups in total. The number of aryl methyl sites for hydroxylation is 1. The van der Waals surface area contributed by atoms with Gasteiger partial charge in [0.05, 0.1) is 13.2 Å². The lowest BCUT2D eigenvalue weighted by Gasteiger charge is -2.30. The van der Waals surface area contributed by atoms with Crippen molar-refractivity contribution >= 4 is 0 Å². The Kier molecular flexibility index (Phi) is 4.25. The maximum absolute atomic E-state index is 9.53. The third kappa shape index (κ3) is 2.85. The van der Waals surface area contributed by atoms with E-state index in [-0.39, 0.29) is 12.1 Å². The molecule has 2 rings (SSSR count). The van der Waals surface area contributed by atoms with Gasteiger partial charge < -0.3 is 15.6 Å². The molecule has 0 spiro atoms. The quantitative estimate of drug-likeness (QED) is 0.865. The first kappa shape index (κ1) is 13.4. The van der Waals surface area contributed by atoms with E-state index in [1.165, 1.54) is 5.56 Å². The summed E-state index contributed by atoms with van der Waals surface area (Å²) in [7, 11) is 1.68. The molecule has 1 aliphatic rings. The van der Waals surface area contributed by atoms with Crippen molar-refractivity contribution in [2.75, 3.05) is 7.11 Å². The second-order valence-corrected chi connectivity index (χ2v) is 5.32. The van der Waals surface area contributed by atoms with Crippen LogP contribution in [0.3, 0.4) is 0 Å². The van der Waals surface area contributed by atoms with Gasteiger partial charge in [0.2, 0.25) is 0 Å². The largest absolute Gasteiger partial charge is 0.496 e.